The molecule has 3 aromatic heterocycles. The van der Waals surface area contributed by atoms with E-state index in [2.05, 4.69) is 25.4 Å². The third-order valence-electron chi connectivity index (χ3n) is 6.00. The van der Waals surface area contributed by atoms with Gasteiger partial charge in [-0.25, -0.2) is 15.0 Å². The second-order valence-corrected chi connectivity index (χ2v) is 8.67. The minimum absolute atomic E-state index is 0.0277. The second kappa shape index (κ2) is 8.64. The molecule has 3 heterocycles. The molecule has 1 N–H and O–H groups in total. The minimum atomic E-state index is -4.40. The topological polar surface area (TPSA) is 98.7 Å². The number of benzene rings is 1. The minimum Gasteiger partial charge on any atom is -0.358 e. The van der Waals surface area contributed by atoms with Crippen LogP contribution in [0.2, 0.25) is 0 Å². The number of halogens is 3. The van der Waals surface area contributed by atoms with Gasteiger partial charge in [-0.1, -0.05) is 29.4 Å². The Balaban J connectivity index is 1.18. The van der Waals surface area contributed by atoms with Crippen LogP contribution in [0.5, 0.6) is 0 Å². The number of nitrogens with one attached hydrogen (secondary N) is 1. The van der Waals surface area contributed by atoms with Gasteiger partial charge in [-0.05, 0) is 24.0 Å². The number of nitrogens with zero attached hydrogens (tertiary/aromatic N) is 5. The van der Waals surface area contributed by atoms with E-state index >= 15 is 0 Å². The predicted molar refractivity (Wildman–Crippen MR) is 119 cm³/mol. The van der Waals surface area contributed by atoms with Crippen LogP contribution in [0.1, 0.15) is 35.7 Å². The largest absolute Gasteiger partial charge is 0.401 e. The molecule has 8 nitrogen and oxygen atoms in total. The van der Waals surface area contributed by atoms with Crippen LogP contribution < -0.4 is 5.32 Å². The molecule has 1 aliphatic carbocycles. The highest BCUT2D eigenvalue weighted by Crippen LogP contribution is 2.59. The van der Waals surface area contributed by atoms with Gasteiger partial charge in [0.1, 0.15) is 11.2 Å². The van der Waals surface area contributed by atoms with Gasteiger partial charge in [0.25, 0.3) is 0 Å². The molecule has 0 spiro atoms. The van der Waals surface area contributed by atoms with E-state index in [0.29, 0.717) is 12.2 Å². The van der Waals surface area contributed by atoms with Gasteiger partial charge in [0.05, 0.1) is 24.9 Å². The Morgan fingerprint density at radius 2 is 1.83 bits per heavy atom. The molecule has 4 aromatic rings. The zero-order chi connectivity index (χ0) is 24.6. The zero-order valence-corrected chi connectivity index (χ0v) is 18.7. The van der Waals surface area contributed by atoms with E-state index in [1.807, 2.05) is 29.9 Å². The summed E-state index contributed by atoms with van der Waals surface area (Å²) in [4.78, 5) is 25.4. The summed E-state index contributed by atoms with van der Waals surface area (Å²) >= 11 is 0. The number of anilines is 1. The highest BCUT2D eigenvalue weighted by atomic mass is 19.4. The Morgan fingerprint density at radius 1 is 1.11 bits per heavy atom. The maximum atomic E-state index is 13.2. The highest BCUT2D eigenvalue weighted by Gasteiger charge is 2.66. The molecule has 35 heavy (non-hydrogen) atoms. The van der Waals surface area contributed by atoms with Gasteiger partial charge in [-0.2, -0.15) is 13.2 Å². The molecular weight excluding hydrogens is 461 g/mol. The van der Waals surface area contributed by atoms with E-state index in [1.54, 1.807) is 30.9 Å². The number of rotatable bonds is 7. The monoisotopic (exact) mass is 482 g/mol. The van der Waals surface area contributed by atoms with Crippen LogP contribution >= 0.6 is 0 Å². The van der Waals surface area contributed by atoms with Gasteiger partial charge in [0.2, 0.25) is 5.91 Å². The lowest BCUT2D eigenvalue weighted by Crippen LogP contribution is -2.28. The van der Waals surface area contributed by atoms with Crippen LogP contribution in [0, 0.1) is 0 Å². The van der Waals surface area contributed by atoms with Crippen LogP contribution in [-0.4, -0.2) is 36.8 Å². The molecule has 0 saturated heterocycles. The molecule has 1 aromatic carbocycles. The average molecular weight is 482 g/mol. The molecule has 180 valence electrons. The van der Waals surface area contributed by atoms with Crippen molar-refractivity contribution < 1.29 is 22.5 Å². The van der Waals surface area contributed by atoms with Crippen molar-refractivity contribution in [3.05, 3.63) is 78.1 Å². The lowest BCUT2D eigenvalue weighted by molar-refractivity contribution is -0.165. The fraction of sp³-hybridized carbons (Fsp3) is 0.292. The smallest absolute Gasteiger partial charge is 0.358 e. The van der Waals surface area contributed by atoms with Crippen molar-refractivity contribution in [2.45, 2.75) is 37.3 Å². The van der Waals surface area contributed by atoms with Crippen LogP contribution in [0.4, 0.5) is 19.0 Å². The molecule has 1 amide bonds. The Hall–Kier alpha value is -4.02. The predicted octanol–water partition coefficient (Wildman–Crippen LogP) is 4.23. The number of alkyl halides is 3. The molecule has 0 bridgehead atoms. The van der Waals surface area contributed by atoms with Gasteiger partial charge in [0.15, 0.2) is 11.6 Å². The third kappa shape index (κ3) is 4.79. The normalized spacial score (nSPS) is 14.6. The Morgan fingerprint density at radius 3 is 2.43 bits per heavy atom. The van der Waals surface area contributed by atoms with Crippen molar-refractivity contribution in [3.63, 3.8) is 0 Å². The zero-order valence-electron chi connectivity index (χ0n) is 18.7. The molecule has 0 unspecified atom stereocenters. The maximum Gasteiger partial charge on any atom is 0.401 e. The van der Waals surface area contributed by atoms with Gasteiger partial charge in [0, 0.05) is 37.3 Å². The van der Waals surface area contributed by atoms with Crippen molar-refractivity contribution in [1.29, 1.82) is 0 Å². The van der Waals surface area contributed by atoms with Crippen LogP contribution in [0.3, 0.4) is 0 Å². The molecule has 5 rings (SSSR count). The van der Waals surface area contributed by atoms with Crippen LogP contribution in [-0.2, 0) is 30.1 Å². The van der Waals surface area contributed by atoms with E-state index in [1.165, 1.54) is 0 Å². The lowest BCUT2D eigenvalue weighted by Gasteiger charge is -2.14. The first-order chi connectivity index (χ1) is 16.7. The van der Waals surface area contributed by atoms with Gasteiger partial charge in [-0.15, -0.1) is 0 Å². The van der Waals surface area contributed by atoms with Gasteiger partial charge in [-0.3, -0.25) is 4.79 Å². The summed E-state index contributed by atoms with van der Waals surface area (Å²) in [6.07, 6.45) is 3.22. The number of carbonyl (C=O) groups excluding carboxylic acids is 1. The molecule has 1 aliphatic rings. The summed E-state index contributed by atoms with van der Waals surface area (Å²) in [7, 11) is 1.90. The number of aryl methyl sites for hydroxylation is 1. The fourth-order valence-corrected chi connectivity index (χ4v) is 3.86. The SMILES string of the molecule is Cn1cnc(Cc2ncc(-c3ccc(CC(=O)Nc4cc(C5(C(F)(F)F)CC5)on4)cc3)cn2)c1. The molecular formula is C24H21F3N6O2. The summed E-state index contributed by atoms with van der Waals surface area (Å²) in [5, 5.41) is 6.08. The average Bonchev–Trinajstić information content (AvgIpc) is 3.37. The van der Waals surface area contributed by atoms with Crippen LogP contribution in [0.15, 0.2) is 59.8 Å². The molecule has 1 fully saturated rings. The number of carbonyl (C=O) groups is 1. The summed E-state index contributed by atoms with van der Waals surface area (Å²) in [5.74, 6) is -0.0331. The molecule has 1 saturated carbocycles. The first-order valence-corrected chi connectivity index (χ1v) is 10.9. The number of hydrogen-bond acceptors (Lipinski definition) is 6. The van der Waals surface area contributed by atoms with Crippen molar-refractivity contribution in [2.24, 2.45) is 7.05 Å². The molecule has 11 heteroatoms. The fourth-order valence-electron chi connectivity index (χ4n) is 3.86. The summed E-state index contributed by atoms with van der Waals surface area (Å²) < 4.78 is 46.4. The van der Waals surface area contributed by atoms with Crippen molar-refractivity contribution in [2.75, 3.05) is 5.32 Å². The number of amides is 1. The standard InChI is InChI=1S/C24H21F3N6O2/c1-33-13-18(30-14-33)9-20-28-11-17(12-29-20)16-4-2-15(3-5-16)8-22(34)31-21-10-19(35-32-21)23(6-7-23)24(25,26)27/h2-5,10-14H,6-9H2,1H3,(H,31,32,34). The first-order valence-electron chi connectivity index (χ1n) is 10.9. The molecule has 0 radical (unpaired) electrons. The molecule has 0 aliphatic heterocycles. The first kappa shape index (κ1) is 22.8. The Kier molecular flexibility index (Phi) is 5.62. The van der Waals surface area contributed by atoms with E-state index in [0.717, 1.165) is 28.5 Å². The van der Waals surface area contributed by atoms with Crippen LogP contribution in [0.25, 0.3) is 11.1 Å². The van der Waals surface area contributed by atoms with Gasteiger partial charge < -0.3 is 14.4 Å². The van der Waals surface area contributed by atoms with Crippen molar-refractivity contribution in [1.82, 2.24) is 24.7 Å². The van der Waals surface area contributed by atoms with Gasteiger partial charge >= 0.3 is 6.18 Å². The maximum absolute atomic E-state index is 13.2. The number of hydrogen-bond donors (Lipinski definition) is 1. The number of imidazole rings is 1. The Labute approximate surface area is 198 Å². The second-order valence-electron chi connectivity index (χ2n) is 8.67. The van der Waals surface area contributed by atoms with E-state index in [-0.39, 0.29) is 30.8 Å². The summed E-state index contributed by atoms with van der Waals surface area (Å²) in [5.41, 5.74) is 1.37. The van der Waals surface area contributed by atoms with Crippen molar-refractivity contribution in [3.8, 4) is 11.1 Å². The quantitative estimate of drug-likeness (QED) is 0.423. The Bertz CT molecular complexity index is 1340. The van der Waals surface area contributed by atoms with E-state index < -0.39 is 17.5 Å². The lowest BCUT2D eigenvalue weighted by atomic mass is 10.0. The van der Waals surface area contributed by atoms with E-state index in [9.17, 15) is 18.0 Å². The third-order valence-corrected chi connectivity index (χ3v) is 6.00. The molecule has 0 atom stereocenters. The summed E-state index contributed by atoms with van der Waals surface area (Å²) in [6.45, 7) is 0. The highest BCUT2D eigenvalue weighted by molar-refractivity contribution is 5.91. The number of aromatic nitrogens is 5. The van der Waals surface area contributed by atoms with Crippen molar-refractivity contribution >= 4 is 11.7 Å². The van der Waals surface area contributed by atoms with E-state index in [4.69, 9.17) is 4.52 Å². The summed E-state index contributed by atoms with van der Waals surface area (Å²) in [6, 6.07) is 8.46.